The molecule has 2 amide bonds. The predicted molar refractivity (Wildman–Crippen MR) is 87.2 cm³/mol. The Kier molecular flexibility index (Phi) is 5.60. The van der Waals surface area contributed by atoms with Gasteiger partial charge in [0.05, 0.1) is 18.9 Å². The van der Waals surface area contributed by atoms with Crippen LogP contribution in [0.25, 0.3) is 0 Å². The van der Waals surface area contributed by atoms with Gasteiger partial charge in [-0.3, -0.25) is 9.59 Å². The first-order valence-corrected chi connectivity index (χ1v) is 7.86. The van der Waals surface area contributed by atoms with Gasteiger partial charge in [0.15, 0.2) is 0 Å². The Hall–Kier alpha value is -2.08. The Morgan fingerprint density at radius 3 is 2.65 bits per heavy atom. The van der Waals surface area contributed by atoms with Crippen LogP contribution in [0.2, 0.25) is 0 Å². The van der Waals surface area contributed by atoms with E-state index in [1.165, 1.54) is 4.90 Å². The third kappa shape index (κ3) is 4.69. The molecule has 126 valence electrons. The van der Waals surface area contributed by atoms with Crippen molar-refractivity contribution in [3.05, 3.63) is 24.3 Å². The molecule has 6 nitrogen and oxygen atoms in total. The van der Waals surface area contributed by atoms with Crippen molar-refractivity contribution in [2.45, 2.75) is 26.2 Å². The molecule has 0 radical (unpaired) electrons. The van der Waals surface area contributed by atoms with Gasteiger partial charge < -0.3 is 20.1 Å². The second kappa shape index (κ2) is 7.46. The van der Waals surface area contributed by atoms with E-state index in [9.17, 15) is 14.7 Å². The normalized spacial score (nSPS) is 14.9. The molecule has 0 unspecified atom stereocenters. The predicted octanol–water partition coefficient (Wildman–Crippen LogP) is 1.64. The molecule has 0 aliphatic heterocycles. The van der Waals surface area contributed by atoms with Gasteiger partial charge in [-0.25, -0.2) is 0 Å². The van der Waals surface area contributed by atoms with Crippen LogP contribution in [0.3, 0.4) is 0 Å². The van der Waals surface area contributed by atoms with Gasteiger partial charge >= 0.3 is 0 Å². The molecule has 0 aromatic heterocycles. The van der Waals surface area contributed by atoms with Crippen LogP contribution in [0.1, 0.15) is 26.2 Å². The number of benzene rings is 1. The molecule has 23 heavy (non-hydrogen) atoms. The van der Waals surface area contributed by atoms with Crippen molar-refractivity contribution in [3.63, 3.8) is 0 Å². The fourth-order valence-electron chi connectivity index (χ4n) is 2.45. The second-order valence-electron chi connectivity index (χ2n) is 6.06. The highest BCUT2D eigenvalue weighted by atomic mass is 16.5. The van der Waals surface area contributed by atoms with Gasteiger partial charge in [0, 0.05) is 19.0 Å². The average Bonchev–Trinajstić information content (AvgIpc) is 3.29. The van der Waals surface area contributed by atoms with E-state index in [4.69, 9.17) is 4.74 Å². The molecule has 0 heterocycles. The first-order valence-electron chi connectivity index (χ1n) is 7.86. The van der Waals surface area contributed by atoms with E-state index in [1.54, 1.807) is 25.2 Å². The van der Waals surface area contributed by atoms with Crippen molar-refractivity contribution in [1.82, 2.24) is 4.90 Å². The van der Waals surface area contributed by atoms with Crippen molar-refractivity contribution < 1.29 is 19.4 Å². The van der Waals surface area contributed by atoms with Crippen molar-refractivity contribution in [2.75, 3.05) is 32.1 Å². The first kappa shape index (κ1) is 17.3. The zero-order valence-corrected chi connectivity index (χ0v) is 13.7. The molecule has 1 saturated carbocycles. The topological polar surface area (TPSA) is 78.9 Å². The molecule has 2 rings (SSSR count). The number of ether oxygens (including phenoxy) is 1. The number of hydrogen-bond donors (Lipinski definition) is 2. The van der Waals surface area contributed by atoms with Crippen molar-refractivity contribution in [2.24, 2.45) is 5.41 Å². The number of aliphatic hydroxyl groups is 1. The highest BCUT2D eigenvalue weighted by Gasteiger charge is 2.43. The monoisotopic (exact) mass is 320 g/mol. The van der Waals surface area contributed by atoms with Crippen LogP contribution in [-0.4, -0.2) is 48.6 Å². The minimum absolute atomic E-state index is 0.0819. The molecule has 1 aliphatic carbocycles. The van der Waals surface area contributed by atoms with Crippen LogP contribution in [0, 0.1) is 5.41 Å². The van der Waals surface area contributed by atoms with E-state index in [1.807, 2.05) is 13.0 Å². The van der Waals surface area contributed by atoms with Crippen LogP contribution < -0.4 is 10.1 Å². The highest BCUT2D eigenvalue weighted by molar-refractivity contribution is 6.04. The number of aliphatic hydroxyl groups excluding tert-OH is 1. The molecule has 6 heteroatoms. The summed E-state index contributed by atoms with van der Waals surface area (Å²) in [5.74, 6) is -0.0414. The summed E-state index contributed by atoms with van der Waals surface area (Å²) < 4.78 is 5.44. The minimum atomic E-state index is -0.372. The lowest BCUT2D eigenvalue weighted by molar-refractivity contribution is -0.134. The van der Waals surface area contributed by atoms with E-state index >= 15 is 0 Å². The molecular weight excluding hydrogens is 296 g/mol. The molecular formula is C17H24N2O4. The summed E-state index contributed by atoms with van der Waals surface area (Å²) in [6.45, 7) is 2.94. The number of carbonyl (C=O) groups is 2. The SMILES string of the molecule is CCOc1ccccc1NC(=O)CC(=O)N(C)CC1(CO)CC1. The number of para-hydroxylation sites is 2. The van der Waals surface area contributed by atoms with Crippen molar-refractivity contribution in [1.29, 1.82) is 0 Å². The number of carbonyl (C=O) groups excluding carboxylic acids is 2. The van der Waals surface area contributed by atoms with Gasteiger partial charge in [-0.15, -0.1) is 0 Å². The van der Waals surface area contributed by atoms with Gasteiger partial charge in [0.25, 0.3) is 0 Å². The Balaban J connectivity index is 1.88. The van der Waals surface area contributed by atoms with Crippen LogP contribution in [0.4, 0.5) is 5.69 Å². The molecule has 1 aliphatic rings. The maximum absolute atomic E-state index is 12.1. The number of hydrogen-bond acceptors (Lipinski definition) is 4. The molecule has 1 fully saturated rings. The summed E-state index contributed by atoms with van der Waals surface area (Å²) in [7, 11) is 1.67. The van der Waals surface area contributed by atoms with E-state index in [-0.39, 0.29) is 30.3 Å². The molecule has 1 aromatic carbocycles. The number of nitrogens with one attached hydrogen (secondary N) is 1. The van der Waals surface area contributed by atoms with Crippen LogP contribution in [0.5, 0.6) is 5.75 Å². The van der Waals surface area contributed by atoms with Crippen LogP contribution in [-0.2, 0) is 9.59 Å². The molecule has 0 saturated heterocycles. The first-order chi connectivity index (χ1) is 11.0. The molecule has 0 atom stereocenters. The van der Waals surface area contributed by atoms with Gasteiger partial charge in [0.1, 0.15) is 12.2 Å². The summed E-state index contributed by atoms with van der Waals surface area (Å²) in [6.07, 6.45) is 1.63. The average molecular weight is 320 g/mol. The van der Waals surface area contributed by atoms with Gasteiger partial charge in [-0.1, -0.05) is 12.1 Å². The van der Waals surface area contributed by atoms with Crippen LogP contribution >= 0.6 is 0 Å². The maximum atomic E-state index is 12.1. The van der Waals surface area contributed by atoms with Crippen LogP contribution in [0.15, 0.2) is 24.3 Å². The Labute approximate surface area is 136 Å². The number of amides is 2. The lowest BCUT2D eigenvalue weighted by atomic mass is 10.1. The fourth-order valence-corrected chi connectivity index (χ4v) is 2.45. The summed E-state index contributed by atoms with van der Waals surface area (Å²) in [5, 5.41) is 12.0. The maximum Gasteiger partial charge on any atom is 0.233 e. The number of rotatable bonds is 8. The Morgan fingerprint density at radius 2 is 2.04 bits per heavy atom. The van der Waals surface area contributed by atoms with Gasteiger partial charge in [-0.05, 0) is 31.9 Å². The zero-order chi connectivity index (χ0) is 16.9. The van der Waals surface area contributed by atoms with E-state index in [0.717, 1.165) is 12.8 Å². The molecule has 0 bridgehead atoms. The second-order valence-corrected chi connectivity index (χ2v) is 6.06. The smallest absolute Gasteiger partial charge is 0.233 e. The van der Waals surface area contributed by atoms with Gasteiger partial charge in [-0.2, -0.15) is 0 Å². The molecule has 2 N–H and O–H groups in total. The summed E-state index contributed by atoms with van der Waals surface area (Å²) in [6, 6.07) is 7.13. The van der Waals surface area contributed by atoms with Gasteiger partial charge in [0.2, 0.25) is 11.8 Å². The Morgan fingerprint density at radius 1 is 1.35 bits per heavy atom. The number of nitrogens with zero attached hydrogens (tertiary/aromatic N) is 1. The standard InChI is InChI=1S/C17H24N2O4/c1-3-23-14-7-5-4-6-13(14)18-15(21)10-16(22)19(2)11-17(12-20)8-9-17/h4-7,20H,3,8-12H2,1-2H3,(H,18,21). The molecule has 0 spiro atoms. The highest BCUT2D eigenvalue weighted by Crippen LogP contribution is 2.45. The van der Waals surface area contributed by atoms with Crippen molar-refractivity contribution in [3.8, 4) is 5.75 Å². The largest absolute Gasteiger partial charge is 0.492 e. The lowest BCUT2D eigenvalue weighted by Crippen LogP contribution is -2.36. The van der Waals surface area contributed by atoms with E-state index in [2.05, 4.69) is 5.32 Å². The van der Waals surface area contributed by atoms with E-state index in [0.29, 0.717) is 24.6 Å². The molecule has 1 aromatic rings. The Bertz CT molecular complexity index is 569. The summed E-state index contributed by atoms with van der Waals surface area (Å²) in [5.41, 5.74) is 0.409. The quantitative estimate of drug-likeness (QED) is 0.714. The van der Waals surface area contributed by atoms with Crippen molar-refractivity contribution >= 4 is 17.5 Å². The number of anilines is 1. The fraction of sp³-hybridized carbons (Fsp3) is 0.529. The zero-order valence-electron chi connectivity index (χ0n) is 13.7. The van der Waals surface area contributed by atoms with E-state index < -0.39 is 0 Å². The third-order valence-corrected chi connectivity index (χ3v) is 4.06. The summed E-state index contributed by atoms with van der Waals surface area (Å²) >= 11 is 0. The third-order valence-electron chi connectivity index (χ3n) is 4.06. The lowest BCUT2D eigenvalue weighted by Gasteiger charge is -2.22. The minimum Gasteiger partial charge on any atom is -0.492 e. The summed E-state index contributed by atoms with van der Waals surface area (Å²) in [4.78, 5) is 25.7.